The predicted molar refractivity (Wildman–Crippen MR) is 213 cm³/mol. The average molecular weight is 969 g/mol. The van der Waals surface area contributed by atoms with Crippen molar-refractivity contribution in [3.05, 3.63) is 0 Å². The van der Waals surface area contributed by atoms with Crippen LogP contribution in [0, 0.1) is 0 Å². The van der Waals surface area contributed by atoms with Crippen molar-refractivity contribution in [2.24, 2.45) is 0 Å². The van der Waals surface area contributed by atoms with Crippen molar-refractivity contribution in [2.75, 3.05) is 26.4 Å². The van der Waals surface area contributed by atoms with E-state index < -0.39 is 172 Å². The molecule has 0 aromatic rings. The van der Waals surface area contributed by atoms with Crippen molar-refractivity contribution < 1.29 is 124 Å². The third-order valence-electron chi connectivity index (χ3n) is 8.97. The molecule has 0 spiro atoms. The number of carbonyl (C=O) groups excluding carboxylic acids is 10. The van der Waals surface area contributed by atoms with E-state index in [2.05, 4.69) is 0 Å². The molecule has 26 nitrogen and oxygen atoms in total. The normalized spacial score (nSPS) is 24.6. The van der Waals surface area contributed by atoms with E-state index in [0.29, 0.717) is 0 Å². The molecule has 13 atom stereocenters. The van der Waals surface area contributed by atoms with E-state index in [1.54, 1.807) is 0 Å². The van der Waals surface area contributed by atoms with Crippen LogP contribution in [0.4, 0.5) is 0 Å². The van der Waals surface area contributed by atoms with Gasteiger partial charge in [-0.25, -0.2) is 0 Å². The first-order chi connectivity index (χ1) is 31.1. The maximum Gasteiger partial charge on any atom is 0.303 e. The number of aliphatic hydroxyl groups is 1. The first-order valence-corrected chi connectivity index (χ1v) is 20.7. The topological polar surface area (TPSA) is 329 Å². The van der Waals surface area contributed by atoms with Gasteiger partial charge in [-0.15, -0.1) is 0 Å². The van der Waals surface area contributed by atoms with Gasteiger partial charge in [0.15, 0.2) is 48.9 Å². The van der Waals surface area contributed by atoms with Gasteiger partial charge in [0, 0.05) is 75.7 Å². The zero-order valence-corrected chi connectivity index (χ0v) is 39.2. The summed E-state index contributed by atoms with van der Waals surface area (Å²) in [5.41, 5.74) is 0. The molecule has 0 saturated carbocycles. The quantitative estimate of drug-likeness (QED) is 0.0727. The van der Waals surface area contributed by atoms with E-state index in [4.69, 9.17) is 71.1 Å². The SMILES string of the molecule is CC(=O)OCC[C@@H](OC(C)=O)C(OC(C)=O)[C@@H](OC(C)=O)[C@H](O)O[C@H](COC(C)=O)[C@H]1OC(C)(C)O[C@@H]1[C@@H](COC(C)=O)O[C@H]1OC(COC(C)=O)[C@@H](OC(C)=O)C(OC(C)=O)[C@H]1OC(C)=O. The van der Waals surface area contributed by atoms with Gasteiger partial charge in [-0.2, -0.15) is 0 Å². The smallest absolute Gasteiger partial charge is 0.303 e. The van der Waals surface area contributed by atoms with Gasteiger partial charge in [0.25, 0.3) is 0 Å². The second-order valence-electron chi connectivity index (χ2n) is 15.4. The summed E-state index contributed by atoms with van der Waals surface area (Å²) in [6.45, 7) is 10.4. The van der Waals surface area contributed by atoms with Crippen molar-refractivity contribution in [3.63, 3.8) is 0 Å². The Morgan fingerprint density at radius 3 is 1.45 bits per heavy atom. The van der Waals surface area contributed by atoms with Crippen LogP contribution in [0.3, 0.4) is 0 Å². The Morgan fingerprint density at radius 2 is 0.970 bits per heavy atom. The van der Waals surface area contributed by atoms with Crippen molar-refractivity contribution in [3.8, 4) is 0 Å². The first-order valence-electron chi connectivity index (χ1n) is 20.7. The van der Waals surface area contributed by atoms with Crippen LogP contribution in [0.5, 0.6) is 0 Å². The van der Waals surface area contributed by atoms with Gasteiger partial charge in [0.05, 0.1) is 6.61 Å². The third kappa shape index (κ3) is 20.1. The van der Waals surface area contributed by atoms with E-state index in [9.17, 15) is 53.1 Å². The molecule has 0 aromatic heterocycles. The average Bonchev–Trinajstić information content (AvgIpc) is 3.50. The maximum atomic E-state index is 12.6. The Morgan fingerprint density at radius 1 is 0.522 bits per heavy atom. The summed E-state index contributed by atoms with van der Waals surface area (Å²) >= 11 is 0. The standard InChI is InChI=1S/C41H60O26/c1-18(42)53-14-13-28(57-22(5)46)32(58-23(6)47)37(61-26(9)50)39(52)63-30(16-55-20(3)44)34-35(67-41(11,12)66-34)31(17-56-21(4)45)65-40-38(62-27(10)51)36(60-25(8)49)33(59-24(7)48)29(64-40)15-54-19(2)43/h28-40,52H,13-17H2,1-12H3/t28-,29?,30-,31-,32?,33-,34-,35-,36?,37-,38-,39-,40-/m1/s1. The lowest BCUT2D eigenvalue weighted by molar-refractivity contribution is -0.326. The number of carbonyl (C=O) groups is 10. The zero-order valence-electron chi connectivity index (χ0n) is 39.2. The summed E-state index contributed by atoms with van der Waals surface area (Å²) in [5.74, 6) is -10.7. The minimum absolute atomic E-state index is 0.358. The monoisotopic (exact) mass is 968 g/mol. The molecule has 0 aliphatic carbocycles. The summed E-state index contributed by atoms with van der Waals surface area (Å²) in [4.78, 5) is 123. The van der Waals surface area contributed by atoms with Gasteiger partial charge < -0.3 is 76.2 Å². The lowest BCUT2D eigenvalue weighted by atomic mass is 9.97. The number of hydrogen-bond acceptors (Lipinski definition) is 26. The van der Waals surface area contributed by atoms with Gasteiger partial charge in [-0.05, 0) is 13.8 Å². The van der Waals surface area contributed by atoms with E-state index in [-0.39, 0.29) is 6.42 Å². The third-order valence-corrected chi connectivity index (χ3v) is 8.97. The lowest BCUT2D eigenvalue weighted by Gasteiger charge is -2.45. The van der Waals surface area contributed by atoms with Crippen LogP contribution in [0.25, 0.3) is 0 Å². The van der Waals surface area contributed by atoms with Crippen LogP contribution >= 0.6 is 0 Å². The number of ether oxygens (including phenoxy) is 15. The second-order valence-corrected chi connectivity index (χ2v) is 15.4. The molecule has 2 aliphatic rings. The molecule has 0 bridgehead atoms. The van der Waals surface area contributed by atoms with Crippen LogP contribution in [-0.2, 0) is 119 Å². The van der Waals surface area contributed by atoms with Gasteiger partial charge in [-0.3, -0.25) is 47.9 Å². The van der Waals surface area contributed by atoms with Crippen LogP contribution in [-0.4, -0.2) is 177 Å². The summed E-state index contributed by atoms with van der Waals surface area (Å²) in [6.07, 6.45) is -23.2. The summed E-state index contributed by atoms with van der Waals surface area (Å²) in [7, 11) is 0. The van der Waals surface area contributed by atoms with Gasteiger partial charge in [0.2, 0.25) is 0 Å². The highest BCUT2D eigenvalue weighted by molar-refractivity contribution is 5.70. The molecule has 0 radical (unpaired) electrons. The molecular weight excluding hydrogens is 908 g/mol. The van der Waals surface area contributed by atoms with E-state index >= 15 is 0 Å². The van der Waals surface area contributed by atoms with Crippen molar-refractivity contribution in [1.29, 1.82) is 0 Å². The first kappa shape index (κ1) is 57.6. The highest BCUT2D eigenvalue weighted by Gasteiger charge is 2.57. The molecule has 2 rings (SSSR count). The van der Waals surface area contributed by atoms with E-state index in [0.717, 1.165) is 69.2 Å². The highest BCUT2D eigenvalue weighted by atomic mass is 16.8. The zero-order chi connectivity index (χ0) is 50.9. The van der Waals surface area contributed by atoms with Gasteiger partial charge in [0.1, 0.15) is 56.4 Å². The summed E-state index contributed by atoms with van der Waals surface area (Å²) < 4.78 is 84.2. The molecule has 3 unspecified atom stereocenters. The van der Waals surface area contributed by atoms with Gasteiger partial charge >= 0.3 is 59.7 Å². The van der Waals surface area contributed by atoms with Crippen LogP contribution < -0.4 is 0 Å². The van der Waals surface area contributed by atoms with Crippen molar-refractivity contribution in [1.82, 2.24) is 0 Å². The van der Waals surface area contributed by atoms with Crippen LogP contribution in [0.15, 0.2) is 0 Å². The van der Waals surface area contributed by atoms with Gasteiger partial charge in [-0.1, -0.05) is 0 Å². The molecule has 380 valence electrons. The number of hydrogen-bond donors (Lipinski definition) is 1. The highest BCUT2D eigenvalue weighted by Crippen LogP contribution is 2.37. The molecule has 2 saturated heterocycles. The van der Waals surface area contributed by atoms with E-state index in [1.165, 1.54) is 13.8 Å². The largest absolute Gasteiger partial charge is 0.466 e. The molecule has 67 heavy (non-hydrogen) atoms. The Hall–Kier alpha value is -5.54. The molecule has 0 aromatic carbocycles. The minimum Gasteiger partial charge on any atom is -0.466 e. The Balaban J connectivity index is 2.82. The summed E-state index contributed by atoms with van der Waals surface area (Å²) in [5, 5.41) is 11.8. The Kier molecular flexibility index (Phi) is 23.0. The lowest BCUT2D eigenvalue weighted by Crippen LogP contribution is -2.64. The molecule has 0 amide bonds. The second kappa shape index (κ2) is 26.7. The summed E-state index contributed by atoms with van der Waals surface area (Å²) in [6, 6.07) is 0. The Bertz CT molecular complexity index is 1760. The molecule has 26 heteroatoms. The predicted octanol–water partition coefficient (Wildman–Crippen LogP) is -0.447. The molecular formula is C41H60O26. The minimum atomic E-state index is -2.39. The molecule has 2 heterocycles. The van der Waals surface area contributed by atoms with Crippen LogP contribution in [0.1, 0.15) is 89.5 Å². The fourth-order valence-corrected chi connectivity index (χ4v) is 6.79. The molecule has 1 N–H and O–H groups in total. The van der Waals surface area contributed by atoms with E-state index in [1.807, 2.05) is 0 Å². The Labute approximate surface area is 384 Å². The van der Waals surface area contributed by atoms with Crippen molar-refractivity contribution in [2.45, 2.75) is 175 Å². The van der Waals surface area contributed by atoms with Crippen molar-refractivity contribution >= 4 is 59.7 Å². The number of aliphatic hydroxyl groups excluding tert-OH is 1. The fraction of sp³-hybridized carbons (Fsp3) is 0.756. The molecule has 2 fully saturated rings. The fourth-order valence-electron chi connectivity index (χ4n) is 6.79. The number of esters is 10. The molecule has 2 aliphatic heterocycles. The maximum absolute atomic E-state index is 12.6. The number of rotatable bonds is 24. The van der Waals surface area contributed by atoms with Crippen LogP contribution in [0.2, 0.25) is 0 Å².